The lowest BCUT2D eigenvalue weighted by Crippen LogP contribution is -1.87. The molecule has 1 heterocycles. The number of phenols is 1. The summed E-state index contributed by atoms with van der Waals surface area (Å²) in [6.07, 6.45) is 3.50. The molecule has 0 bridgehead atoms. The summed E-state index contributed by atoms with van der Waals surface area (Å²) in [5.74, 6) is 0.815. The Morgan fingerprint density at radius 2 is 1.71 bits per heavy atom. The van der Waals surface area contributed by atoms with Gasteiger partial charge in [-0.05, 0) is 42.2 Å². The number of phenolic OH excluding ortho intramolecular Hbond substituents is 1. The molecule has 0 aliphatic rings. The molecule has 2 aromatic rings. The number of hydrogen-bond donors (Lipinski definition) is 1. The molecule has 0 saturated carbocycles. The van der Waals surface area contributed by atoms with Crippen LogP contribution in [0.2, 0.25) is 0 Å². The minimum atomic E-state index is 0.399. The number of rotatable bonds is 1. The van der Waals surface area contributed by atoms with Crippen molar-refractivity contribution in [1.29, 1.82) is 0 Å². The van der Waals surface area contributed by atoms with Gasteiger partial charge in [-0.3, -0.25) is 4.98 Å². The Bertz CT molecular complexity index is 411. The van der Waals surface area contributed by atoms with E-state index in [2.05, 4.69) is 18.8 Å². The van der Waals surface area contributed by atoms with Crippen molar-refractivity contribution in [3.05, 3.63) is 59.9 Å². The van der Waals surface area contributed by atoms with Crippen LogP contribution in [-0.2, 0) is 0 Å². The summed E-state index contributed by atoms with van der Waals surface area (Å²) < 4.78 is 0. The van der Waals surface area contributed by atoms with E-state index in [-0.39, 0.29) is 0 Å². The van der Waals surface area contributed by atoms with Crippen LogP contribution in [0, 0.1) is 6.92 Å². The number of pyridine rings is 1. The van der Waals surface area contributed by atoms with Gasteiger partial charge in [0.15, 0.2) is 0 Å². The van der Waals surface area contributed by atoms with Crippen LogP contribution < -0.4 is 0 Å². The molecule has 2 rings (SSSR count). The molecule has 17 heavy (non-hydrogen) atoms. The molecular weight excluding hydrogens is 210 g/mol. The molecule has 1 N–H and O–H groups in total. The zero-order chi connectivity index (χ0) is 12.7. The lowest BCUT2D eigenvalue weighted by atomic mass is 10.0. The fourth-order valence-corrected chi connectivity index (χ4v) is 1.45. The van der Waals surface area contributed by atoms with Crippen LogP contribution in [0.1, 0.15) is 30.9 Å². The van der Waals surface area contributed by atoms with Crippen molar-refractivity contribution in [2.45, 2.75) is 26.7 Å². The summed E-state index contributed by atoms with van der Waals surface area (Å²) >= 11 is 0. The minimum absolute atomic E-state index is 0.399. The van der Waals surface area contributed by atoms with Gasteiger partial charge in [-0.25, -0.2) is 0 Å². The van der Waals surface area contributed by atoms with Crippen molar-refractivity contribution in [3.8, 4) is 5.75 Å². The highest BCUT2D eigenvalue weighted by molar-refractivity contribution is 5.37. The second-order valence-corrected chi connectivity index (χ2v) is 4.24. The number of aromatic nitrogens is 1. The number of nitrogens with zero attached hydrogens (tertiary/aromatic N) is 1. The molecule has 90 valence electrons. The van der Waals surface area contributed by atoms with E-state index >= 15 is 0 Å². The standard InChI is InChI=1S/C10H14O.C5H5N/c1-7(2)9-5-4-8(3)6-10(9)11;1-2-4-6-5-3-1/h4-7,11H,1-3H3;1-5H. The smallest absolute Gasteiger partial charge is 0.119 e. The van der Waals surface area contributed by atoms with Gasteiger partial charge in [0.05, 0.1) is 0 Å². The van der Waals surface area contributed by atoms with Crippen LogP contribution in [0.3, 0.4) is 0 Å². The number of aromatic hydroxyl groups is 1. The van der Waals surface area contributed by atoms with Crippen molar-refractivity contribution in [2.24, 2.45) is 0 Å². The summed E-state index contributed by atoms with van der Waals surface area (Å²) in [7, 11) is 0. The van der Waals surface area contributed by atoms with Gasteiger partial charge in [-0.2, -0.15) is 0 Å². The monoisotopic (exact) mass is 229 g/mol. The Balaban J connectivity index is 0.000000202. The Morgan fingerprint density at radius 3 is 2.06 bits per heavy atom. The topological polar surface area (TPSA) is 33.1 Å². The Morgan fingerprint density at radius 1 is 1.06 bits per heavy atom. The first-order valence-electron chi connectivity index (χ1n) is 5.75. The zero-order valence-corrected chi connectivity index (χ0v) is 10.6. The zero-order valence-electron chi connectivity index (χ0n) is 10.6. The van der Waals surface area contributed by atoms with Gasteiger partial charge in [0.25, 0.3) is 0 Å². The van der Waals surface area contributed by atoms with E-state index in [1.54, 1.807) is 18.5 Å². The first-order chi connectivity index (χ1) is 8.11. The highest BCUT2D eigenvalue weighted by Gasteiger charge is 2.03. The second kappa shape index (κ2) is 6.69. The van der Waals surface area contributed by atoms with Crippen LogP contribution in [0.25, 0.3) is 0 Å². The highest BCUT2D eigenvalue weighted by Crippen LogP contribution is 2.25. The quantitative estimate of drug-likeness (QED) is 0.804. The molecule has 2 heteroatoms. The molecule has 1 aromatic heterocycles. The molecule has 0 fully saturated rings. The second-order valence-electron chi connectivity index (χ2n) is 4.24. The molecule has 0 unspecified atom stereocenters. The van der Waals surface area contributed by atoms with Gasteiger partial charge >= 0.3 is 0 Å². The van der Waals surface area contributed by atoms with E-state index in [0.717, 1.165) is 11.1 Å². The van der Waals surface area contributed by atoms with Crippen LogP contribution >= 0.6 is 0 Å². The van der Waals surface area contributed by atoms with Crippen molar-refractivity contribution < 1.29 is 5.11 Å². The van der Waals surface area contributed by atoms with E-state index in [9.17, 15) is 5.11 Å². The third kappa shape index (κ3) is 4.68. The van der Waals surface area contributed by atoms with E-state index in [0.29, 0.717) is 11.7 Å². The Kier molecular flexibility index (Phi) is 5.21. The summed E-state index contributed by atoms with van der Waals surface area (Å²) in [5, 5.41) is 9.46. The lowest BCUT2D eigenvalue weighted by molar-refractivity contribution is 0.464. The SMILES string of the molecule is Cc1ccc(C(C)C)c(O)c1.c1ccncc1. The summed E-state index contributed by atoms with van der Waals surface area (Å²) in [4.78, 5) is 3.78. The van der Waals surface area contributed by atoms with Gasteiger partial charge < -0.3 is 5.11 Å². The summed E-state index contributed by atoms with van der Waals surface area (Å²) in [6.45, 7) is 6.12. The van der Waals surface area contributed by atoms with Crippen LogP contribution in [0.5, 0.6) is 5.75 Å². The molecule has 0 saturated heterocycles. The van der Waals surface area contributed by atoms with E-state index < -0.39 is 0 Å². The first-order valence-corrected chi connectivity index (χ1v) is 5.75. The fraction of sp³-hybridized carbons (Fsp3) is 0.267. The molecule has 0 spiro atoms. The third-order valence-electron chi connectivity index (χ3n) is 2.37. The van der Waals surface area contributed by atoms with Crippen LogP contribution in [0.4, 0.5) is 0 Å². The molecule has 0 radical (unpaired) electrons. The minimum Gasteiger partial charge on any atom is -0.508 e. The van der Waals surface area contributed by atoms with E-state index in [4.69, 9.17) is 0 Å². The predicted octanol–water partition coefficient (Wildman–Crippen LogP) is 3.91. The van der Waals surface area contributed by atoms with Crippen LogP contribution in [0.15, 0.2) is 48.8 Å². The molecule has 0 atom stereocenters. The summed E-state index contributed by atoms with van der Waals surface area (Å²) in [6, 6.07) is 11.5. The van der Waals surface area contributed by atoms with Crippen molar-refractivity contribution in [2.75, 3.05) is 0 Å². The van der Waals surface area contributed by atoms with Gasteiger partial charge in [0.1, 0.15) is 5.75 Å². The molecule has 0 aliphatic carbocycles. The normalized spacial score (nSPS) is 9.65. The average Bonchev–Trinajstić information content (AvgIpc) is 2.31. The largest absolute Gasteiger partial charge is 0.508 e. The van der Waals surface area contributed by atoms with Gasteiger partial charge in [-0.1, -0.05) is 32.0 Å². The average molecular weight is 229 g/mol. The highest BCUT2D eigenvalue weighted by atomic mass is 16.3. The van der Waals surface area contributed by atoms with E-state index in [1.807, 2.05) is 37.3 Å². The Labute approximate surface area is 103 Å². The van der Waals surface area contributed by atoms with E-state index in [1.165, 1.54) is 0 Å². The predicted molar refractivity (Wildman–Crippen MR) is 71.2 cm³/mol. The third-order valence-corrected chi connectivity index (χ3v) is 2.37. The Hall–Kier alpha value is -1.83. The van der Waals surface area contributed by atoms with Crippen molar-refractivity contribution in [1.82, 2.24) is 4.98 Å². The molecule has 0 aliphatic heterocycles. The lowest BCUT2D eigenvalue weighted by Gasteiger charge is -2.07. The van der Waals surface area contributed by atoms with Crippen LogP contribution in [-0.4, -0.2) is 10.1 Å². The number of benzene rings is 1. The molecule has 0 amide bonds. The molecule has 2 nitrogen and oxygen atoms in total. The van der Waals surface area contributed by atoms with Crippen molar-refractivity contribution >= 4 is 0 Å². The fourth-order valence-electron chi connectivity index (χ4n) is 1.45. The summed E-state index contributed by atoms with van der Waals surface area (Å²) in [5.41, 5.74) is 2.13. The molecular formula is C15H19NO. The maximum Gasteiger partial charge on any atom is 0.119 e. The maximum atomic E-state index is 9.46. The van der Waals surface area contributed by atoms with Crippen molar-refractivity contribution in [3.63, 3.8) is 0 Å². The van der Waals surface area contributed by atoms with Gasteiger partial charge in [0, 0.05) is 12.4 Å². The molecule has 1 aromatic carbocycles. The number of hydrogen-bond acceptors (Lipinski definition) is 2. The van der Waals surface area contributed by atoms with Gasteiger partial charge in [-0.15, -0.1) is 0 Å². The number of aryl methyl sites for hydroxylation is 1. The first kappa shape index (κ1) is 13.2. The maximum absolute atomic E-state index is 9.46. The van der Waals surface area contributed by atoms with Gasteiger partial charge in [0.2, 0.25) is 0 Å².